The molecule has 0 saturated carbocycles. The molecule has 0 spiro atoms. The van der Waals surface area contributed by atoms with Gasteiger partial charge in [-0.2, -0.15) is 0 Å². The van der Waals surface area contributed by atoms with Gasteiger partial charge in [0.1, 0.15) is 21.2 Å². The molecular weight excluding hydrogens is 424 g/mol. The summed E-state index contributed by atoms with van der Waals surface area (Å²) in [5, 5.41) is 6.22. The van der Waals surface area contributed by atoms with Crippen LogP contribution < -0.4 is 11.1 Å². The third-order valence-electron chi connectivity index (χ3n) is 4.18. The number of thiophene rings is 2. The number of rotatable bonds is 6. The lowest BCUT2D eigenvalue weighted by molar-refractivity contribution is -0.115. The number of nitrogens with zero attached hydrogens (tertiary/aromatic N) is 2. The highest BCUT2D eigenvalue weighted by atomic mass is 32.2. The predicted octanol–water partition coefficient (Wildman–Crippen LogP) is 4.64. The molecule has 2 amide bonds. The number of carbonyl (C=O) groups excluding carboxylic acids is 2. The van der Waals surface area contributed by atoms with Crippen molar-refractivity contribution in [2.24, 2.45) is 5.73 Å². The molecule has 146 valence electrons. The Hall–Kier alpha value is -2.75. The van der Waals surface area contributed by atoms with E-state index in [0.717, 1.165) is 25.7 Å². The van der Waals surface area contributed by atoms with Gasteiger partial charge >= 0.3 is 0 Å². The van der Waals surface area contributed by atoms with Crippen LogP contribution in [0.5, 0.6) is 0 Å². The normalized spacial score (nSPS) is 12.0. The van der Waals surface area contributed by atoms with E-state index in [4.69, 9.17) is 5.73 Å². The molecule has 0 unspecified atom stereocenters. The van der Waals surface area contributed by atoms with Gasteiger partial charge in [0.25, 0.3) is 5.91 Å². The summed E-state index contributed by atoms with van der Waals surface area (Å²) in [6.45, 7) is 1.80. The number of thioether (sulfide) groups is 1. The molecule has 0 fully saturated rings. The highest BCUT2D eigenvalue weighted by Gasteiger charge is 2.20. The van der Waals surface area contributed by atoms with Gasteiger partial charge in [-0.05, 0) is 30.0 Å². The van der Waals surface area contributed by atoms with E-state index in [1.807, 2.05) is 18.2 Å². The van der Waals surface area contributed by atoms with Crippen LogP contribution in [0.4, 0.5) is 5.00 Å². The Morgan fingerprint density at radius 1 is 1.17 bits per heavy atom. The molecular formula is C20H16N4O2S3. The molecule has 0 bridgehead atoms. The molecule has 0 saturated heterocycles. The zero-order valence-electron chi connectivity index (χ0n) is 15.3. The van der Waals surface area contributed by atoms with Crippen LogP contribution >= 0.6 is 34.4 Å². The largest absolute Gasteiger partial charge is 0.366 e. The first-order valence-electron chi connectivity index (χ1n) is 8.67. The van der Waals surface area contributed by atoms with E-state index in [0.29, 0.717) is 10.6 Å². The zero-order chi connectivity index (χ0) is 20.4. The van der Waals surface area contributed by atoms with E-state index in [-0.39, 0.29) is 5.91 Å². The van der Waals surface area contributed by atoms with E-state index in [2.05, 4.69) is 33.5 Å². The topological polar surface area (TPSA) is 98.0 Å². The predicted molar refractivity (Wildman–Crippen MR) is 120 cm³/mol. The number of fused-ring (bicyclic) bond motifs is 1. The lowest BCUT2D eigenvalue weighted by Gasteiger charge is -2.11. The van der Waals surface area contributed by atoms with Gasteiger partial charge in [0.05, 0.1) is 10.8 Å². The SMILES string of the molecule is C[C@@H](Sc1ncnc2sc(-c3ccccc3)cc12)C(=O)Nc1sccc1C(N)=O. The average molecular weight is 441 g/mol. The first kappa shape index (κ1) is 19.6. The number of benzene rings is 1. The van der Waals surface area contributed by atoms with Crippen molar-refractivity contribution in [3.8, 4) is 10.4 Å². The quantitative estimate of drug-likeness (QED) is 0.336. The third kappa shape index (κ3) is 4.16. The molecule has 4 rings (SSSR count). The maximum absolute atomic E-state index is 12.6. The zero-order valence-corrected chi connectivity index (χ0v) is 17.7. The van der Waals surface area contributed by atoms with Crippen LogP contribution in [-0.2, 0) is 4.79 Å². The van der Waals surface area contributed by atoms with Crippen molar-refractivity contribution in [2.75, 3.05) is 5.32 Å². The Balaban J connectivity index is 1.55. The number of hydrogen-bond acceptors (Lipinski definition) is 7. The molecule has 1 atom stereocenters. The monoisotopic (exact) mass is 440 g/mol. The number of nitrogens with two attached hydrogens (primary N) is 1. The van der Waals surface area contributed by atoms with Crippen molar-refractivity contribution in [1.82, 2.24) is 9.97 Å². The molecule has 3 heterocycles. The summed E-state index contributed by atoms with van der Waals surface area (Å²) in [5.41, 5.74) is 6.78. The highest BCUT2D eigenvalue weighted by Crippen LogP contribution is 2.37. The molecule has 4 aromatic rings. The van der Waals surface area contributed by atoms with Gasteiger partial charge in [-0.15, -0.1) is 22.7 Å². The van der Waals surface area contributed by atoms with Crippen LogP contribution in [0, 0.1) is 0 Å². The first-order valence-corrected chi connectivity index (χ1v) is 11.3. The van der Waals surface area contributed by atoms with Gasteiger partial charge in [0, 0.05) is 10.3 Å². The van der Waals surface area contributed by atoms with Crippen molar-refractivity contribution in [3.63, 3.8) is 0 Å². The van der Waals surface area contributed by atoms with E-state index >= 15 is 0 Å². The lowest BCUT2D eigenvalue weighted by atomic mass is 10.2. The van der Waals surface area contributed by atoms with E-state index in [9.17, 15) is 9.59 Å². The van der Waals surface area contributed by atoms with Gasteiger partial charge in [0.15, 0.2) is 0 Å². The van der Waals surface area contributed by atoms with Gasteiger partial charge in [-0.3, -0.25) is 9.59 Å². The summed E-state index contributed by atoms with van der Waals surface area (Å²) in [5.74, 6) is -0.781. The number of amides is 2. The second kappa shape index (κ2) is 8.32. The first-order chi connectivity index (χ1) is 14.0. The number of anilines is 1. The van der Waals surface area contributed by atoms with Crippen LogP contribution in [0.2, 0.25) is 0 Å². The molecule has 0 aliphatic heterocycles. The molecule has 9 heteroatoms. The van der Waals surface area contributed by atoms with Crippen molar-refractivity contribution in [1.29, 1.82) is 0 Å². The summed E-state index contributed by atoms with van der Waals surface area (Å²) in [6, 6.07) is 13.8. The number of hydrogen-bond donors (Lipinski definition) is 2. The fourth-order valence-electron chi connectivity index (χ4n) is 2.71. The summed E-state index contributed by atoms with van der Waals surface area (Å²) in [6.07, 6.45) is 1.52. The number of carbonyl (C=O) groups is 2. The Morgan fingerprint density at radius 3 is 2.72 bits per heavy atom. The van der Waals surface area contributed by atoms with Crippen LogP contribution in [0.15, 0.2) is 59.2 Å². The summed E-state index contributed by atoms with van der Waals surface area (Å²) >= 11 is 4.22. The van der Waals surface area contributed by atoms with E-state index < -0.39 is 11.2 Å². The maximum atomic E-state index is 12.6. The van der Waals surface area contributed by atoms with Gasteiger partial charge in [-0.25, -0.2) is 9.97 Å². The molecule has 3 aromatic heterocycles. The molecule has 3 N–H and O–H groups in total. The van der Waals surface area contributed by atoms with Crippen molar-refractivity contribution in [3.05, 3.63) is 59.7 Å². The Bertz CT molecular complexity index is 1190. The average Bonchev–Trinajstić information content (AvgIpc) is 3.36. The van der Waals surface area contributed by atoms with Crippen molar-refractivity contribution in [2.45, 2.75) is 17.2 Å². The fourth-order valence-corrected chi connectivity index (χ4v) is 5.46. The van der Waals surface area contributed by atoms with E-state index in [1.165, 1.54) is 29.4 Å². The number of nitrogens with one attached hydrogen (secondary N) is 1. The fraction of sp³-hybridized carbons (Fsp3) is 0.100. The summed E-state index contributed by atoms with van der Waals surface area (Å²) < 4.78 is 0. The minimum Gasteiger partial charge on any atom is -0.366 e. The maximum Gasteiger partial charge on any atom is 0.251 e. The van der Waals surface area contributed by atoms with Crippen LogP contribution in [0.25, 0.3) is 20.7 Å². The number of primary amides is 1. The van der Waals surface area contributed by atoms with Crippen LogP contribution in [0.1, 0.15) is 17.3 Å². The molecule has 29 heavy (non-hydrogen) atoms. The molecule has 6 nitrogen and oxygen atoms in total. The molecule has 1 aromatic carbocycles. The Morgan fingerprint density at radius 2 is 1.97 bits per heavy atom. The summed E-state index contributed by atoms with van der Waals surface area (Å²) in [4.78, 5) is 34.8. The Kier molecular flexibility index (Phi) is 5.61. The van der Waals surface area contributed by atoms with Crippen molar-refractivity contribution < 1.29 is 9.59 Å². The second-order valence-electron chi connectivity index (χ2n) is 6.15. The third-order valence-corrected chi connectivity index (χ3v) is 7.21. The lowest BCUT2D eigenvalue weighted by Crippen LogP contribution is -2.23. The minimum absolute atomic E-state index is 0.217. The standard InChI is InChI=1S/C20H16N4O2S3/c1-11(17(26)24-20-13(16(21)25)7-8-27-20)28-18-14-9-15(12-5-3-2-4-6-12)29-19(14)23-10-22-18/h2-11H,1H3,(H2,21,25)(H,24,26)/t11-/m1/s1. The van der Waals surface area contributed by atoms with Gasteiger partial charge < -0.3 is 11.1 Å². The second-order valence-corrected chi connectivity index (χ2v) is 9.43. The molecule has 0 aliphatic carbocycles. The van der Waals surface area contributed by atoms with Crippen molar-refractivity contribution >= 4 is 61.5 Å². The van der Waals surface area contributed by atoms with Gasteiger partial charge in [-0.1, -0.05) is 42.1 Å². The highest BCUT2D eigenvalue weighted by molar-refractivity contribution is 8.00. The minimum atomic E-state index is -0.564. The van der Waals surface area contributed by atoms with Gasteiger partial charge in [0.2, 0.25) is 5.91 Å². The Labute approximate surface area is 179 Å². The van der Waals surface area contributed by atoms with E-state index in [1.54, 1.807) is 29.7 Å². The molecule has 0 radical (unpaired) electrons. The molecule has 0 aliphatic rings. The van der Waals surface area contributed by atoms with Crippen LogP contribution in [-0.4, -0.2) is 27.0 Å². The van der Waals surface area contributed by atoms with Crippen LogP contribution in [0.3, 0.4) is 0 Å². The number of aromatic nitrogens is 2. The summed E-state index contributed by atoms with van der Waals surface area (Å²) in [7, 11) is 0. The smallest absolute Gasteiger partial charge is 0.251 e.